The molecule has 0 saturated carbocycles. The summed E-state index contributed by atoms with van der Waals surface area (Å²) >= 11 is 1.56. The summed E-state index contributed by atoms with van der Waals surface area (Å²) in [6, 6.07) is 21.0. The lowest BCUT2D eigenvalue weighted by molar-refractivity contribution is 0.442. The maximum atomic E-state index is 11.7. The van der Waals surface area contributed by atoms with Crippen molar-refractivity contribution in [3.63, 3.8) is 0 Å². The maximum absolute atomic E-state index is 11.7. The summed E-state index contributed by atoms with van der Waals surface area (Å²) in [6.45, 7) is 6.43. The number of hydrogen-bond acceptors (Lipinski definition) is 7. The minimum Gasteiger partial charge on any atom is -0.437 e. The van der Waals surface area contributed by atoms with E-state index in [9.17, 15) is 4.21 Å². The normalized spacial score (nSPS) is 11.1. The van der Waals surface area contributed by atoms with E-state index in [1.54, 1.807) is 6.20 Å². The first kappa shape index (κ1) is 21.9. The number of aromatic nitrogens is 3. The van der Waals surface area contributed by atoms with Crippen molar-refractivity contribution in [2.45, 2.75) is 26.2 Å². The van der Waals surface area contributed by atoms with Crippen LogP contribution in [0.25, 0.3) is 0 Å². The summed E-state index contributed by atoms with van der Waals surface area (Å²) < 4.78 is 22.3. The number of para-hydroxylation sites is 1. The highest BCUT2D eigenvalue weighted by Gasteiger charge is 2.20. The van der Waals surface area contributed by atoms with Gasteiger partial charge in [-0.15, -0.1) is 0 Å². The molecule has 0 bridgehead atoms. The smallest absolute Gasteiger partial charge is 0.243 e. The fourth-order valence-corrected chi connectivity index (χ4v) is 4.18. The van der Waals surface area contributed by atoms with Crippen LogP contribution in [-0.2, 0) is 16.7 Å². The van der Waals surface area contributed by atoms with Crippen LogP contribution in [0, 0.1) is 0 Å². The summed E-state index contributed by atoms with van der Waals surface area (Å²) in [4.78, 5) is 9.41. The average Bonchev–Trinajstić information content (AvgIpc) is 3.24. The number of rotatable bonds is 6. The molecule has 0 aliphatic carbocycles. The van der Waals surface area contributed by atoms with Crippen molar-refractivity contribution in [2.75, 3.05) is 5.32 Å². The highest BCUT2D eigenvalue weighted by Crippen LogP contribution is 2.36. The van der Waals surface area contributed by atoms with Crippen LogP contribution < -0.4 is 10.1 Å². The van der Waals surface area contributed by atoms with Gasteiger partial charge in [-0.3, -0.25) is 0 Å². The number of hydrogen-bond donors (Lipinski definition) is 1. The predicted octanol–water partition coefficient (Wildman–Crippen LogP) is 5.55. The minimum absolute atomic E-state index is 0.0766. The fourth-order valence-electron chi connectivity index (χ4n) is 3.13. The molecule has 2 aromatic heterocycles. The third-order valence-corrected chi connectivity index (χ3v) is 5.88. The summed E-state index contributed by atoms with van der Waals surface area (Å²) in [7, 11) is 0. The summed E-state index contributed by atoms with van der Waals surface area (Å²) in [5.74, 6) is 1.58. The molecule has 4 aromatic rings. The Hall–Kier alpha value is -3.36. The lowest BCUT2D eigenvalue weighted by atomic mass is 9.86. The van der Waals surface area contributed by atoms with Gasteiger partial charge in [-0.2, -0.15) is 9.36 Å². The van der Waals surface area contributed by atoms with Crippen LogP contribution in [0.4, 0.5) is 10.8 Å². The fraction of sp³-hybridized carbons (Fsp3) is 0.167. The zero-order valence-electron chi connectivity index (χ0n) is 17.9. The Morgan fingerprint density at radius 3 is 2.50 bits per heavy atom. The van der Waals surface area contributed by atoms with Crippen LogP contribution in [-0.4, -0.2) is 23.4 Å². The molecule has 0 unspecified atom stereocenters. The molecular weight excluding hydrogens is 440 g/mol. The molecule has 162 valence electrons. The molecule has 0 atom stereocenters. The SMILES string of the molecule is CC(C)(C)c1ccccc1Oc1ncccc1Nc1nc(C(=S=O)c2ccccc2)ns1. The van der Waals surface area contributed by atoms with Gasteiger partial charge in [-0.25, -0.2) is 9.19 Å². The van der Waals surface area contributed by atoms with E-state index in [1.165, 1.54) is 11.5 Å². The number of ether oxygens (including phenoxy) is 1. The second-order valence-electron chi connectivity index (χ2n) is 8.03. The molecular formula is C24H22N4O2S2. The Kier molecular flexibility index (Phi) is 6.43. The molecule has 0 spiro atoms. The molecule has 8 heteroatoms. The van der Waals surface area contributed by atoms with Crippen LogP contribution >= 0.6 is 11.5 Å². The highest BCUT2D eigenvalue weighted by atomic mass is 32.1. The van der Waals surface area contributed by atoms with Gasteiger partial charge < -0.3 is 10.1 Å². The summed E-state index contributed by atoms with van der Waals surface area (Å²) in [6.07, 6.45) is 1.68. The number of anilines is 2. The van der Waals surface area contributed by atoms with Crippen LogP contribution in [0.15, 0.2) is 72.9 Å². The van der Waals surface area contributed by atoms with Gasteiger partial charge in [0.2, 0.25) is 11.0 Å². The number of pyridine rings is 1. The molecule has 1 N–H and O–H groups in total. The second kappa shape index (κ2) is 9.42. The van der Waals surface area contributed by atoms with Crippen molar-refractivity contribution >= 4 is 38.5 Å². The van der Waals surface area contributed by atoms with Crippen molar-refractivity contribution < 1.29 is 8.95 Å². The molecule has 2 aromatic carbocycles. The van der Waals surface area contributed by atoms with Crippen molar-refractivity contribution in [2.24, 2.45) is 0 Å². The molecule has 0 saturated heterocycles. The Morgan fingerprint density at radius 1 is 1.00 bits per heavy atom. The minimum atomic E-state index is -0.0766. The molecule has 32 heavy (non-hydrogen) atoms. The van der Waals surface area contributed by atoms with Crippen LogP contribution in [0.1, 0.15) is 37.7 Å². The van der Waals surface area contributed by atoms with E-state index in [-0.39, 0.29) is 5.41 Å². The second-order valence-corrected chi connectivity index (χ2v) is 9.36. The molecule has 0 aliphatic heterocycles. The first-order valence-corrected chi connectivity index (χ1v) is 11.5. The van der Waals surface area contributed by atoms with E-state index in [1.807, 2.05) is 60.7 Å². The highest BCUT2D eigenvalue weighted by molar-refractivity contribution is 7.67. The van der Waals surface area contributed by atoms with Crippen LogP contribution in [0.3, 0.4) is 0 Å². The quantitative estimate of drug-likeness (QED) is 0.299. The molecule has 0 amide bonds. The number of nitrogens with one attached hydrogen (secondary N) is 1. The van der Waals surface area contributed by atoms with E-state index in [2.05, 4.69) is 46.5 Å². The largest absolute Gasteiger partial charge is 0.437 e. The monoisotopic (exact) mass is 462 g/mol. The van der Waals surface area contributed by atoms with Crippen LogP contribution in [0.2, 0.25) is 0 Å². The first-order valence-electron chi connectivity index (χ1n) is 10.0. The number of nitrogens with zero attached hydrogens (tertiary/aromatic N) is 3. The zero-order chi connectivity index (χ0) is 22.6. The molecule has 4 rings (SSSR count). The molecule has 0 aliphatic rings. The maximum Gasteiger partial charge on any atom is 0.243 e. The van der Waals surface area contributed by atoms with Gasteiger partial charge in [0.15, 0.2) is 5.82 Å². The third kappa shape index (κ3) is 4.92. The Labute approximate surface area is 194 Å². The molecule has 6 nitrogen and oxygen atoms in total. The standard InChI is InChI=1S/C24H22N4O2S2/c1-24(2,3)17-12-7-8-14-19(17)30-22-18(13-9-15-25-22)26-23-27-21(28-31-23)20(32-29)16-10-5-4-6-11-16/h4-15H,1-3H3,(H,26,27,28). The van der Waals surface area contributed by atoms with E-state index in [0.717, 1.165) is 16.9 Å². The summed E-state index contributed by atoms with van der Waals surface area (Å²) in [5, 5.41) is 3.78. The first-order chi connectivity index (χ1) is 15.5. The van der Waals surface area contributed by atoms with Gasteiger partial charge in [0, 0.05) is 23.3 Å². The summed E-state index contributed by atoms with van der Waals surface area (Å²) in [5.41, 5.74) is 2.47. The Bertz CT molecular complexity index is 1280. The van der Waals surface area contributed by atoms with Crippen molar-refractivity contribution in [1.29, 1.82) is 0 Å². The molecule has 2 heterocycles. The van der Waals surface area contributed by atoms with Crippen molar-refractivity contribution in [1.82, 2.24) is 14.3 Å². The van der Waals surface area contributed by atoms with Crippen molar-refractivity contribution in [3.8, 4) is 11.6 Å². The number of benzene rings is 2. The Morgan fingerprint density at radius 2 is 1.75 bits per heavy atom. The van der Waals surface area contributed by atoms with E-state index in [4.69, 9.17) is 4.74 Å². The Balaban J connectivity index is 1.60. The molecule has 0 fully saturated rings. The average molecular weight is 463 g/mol. The van der Waals surface area contributed by atoms with E-state index in [0.29, 0.717) is 38.6 Å². The zero-order valence-corrected chi connectivity index (χ0v) is 19.5. The van der Waals surface area contributed by atoms with Crippen LogP contribution in [0.5, 0.6) is 11.6 Å². The lowest BCUT2D eigenvalue weighted by Gasteiger charge is -2.22. The van der Waals surface area contributed by atoms with Gasteiger partial charge in [0.25, 0.3) is 0 Å². The topological polar surface area (TPSA) is 77.0 Å². The van der Waals surface area contributed by atoms with Gasteiger partial charge in [0.05, 0.1) is 0 Å². The van der Waals surface area contributed by atoms with Gasteiger partial charge in [0.1, 0.15) is 27.6 Å². The van der Waals surface area contributed by atoms with Crippen molar-refractivity contribution in [3.05, 3.63) is 89.9 Å². The van der Waals surface area contributed by atoms with Gasteiger partial charge in [-0.1, -0.05) is 69.3 Å². The molecule has 0 radical (unpaired) electrons. The lowest BCUT2D eigenvalue weighted by Crippen LogP contribution is -2.12. The predicted molar refractivity (Wildman–Crippen MR) is 130 cm³/mol. The van der Waals surface area contributed by atoms with Gasteiger partial charge >= 0.3 is 0 Å². The van der Waals surface area contributed by atoms with E-state index < -0.39 is 0 Å². The van der Waals surface area contributed by atoms with E-state index >= 15 is 0 Å². The van der Waals surface area contributed by atoms with Gasteiger partial charge in [-0.05, 0) is 29.2 Å². The third-order valence-electron chi connectivity index (χ3n) is 4.66.